The van der Waals surface area contributed by atoms with Crippen LogP contribution in [0.2, 0.25) is 0 Å². The molecule has 0 atom stereocenters. The van der Waals surface area contributed by atoms with Gasteiger partial charge in [0.2, 0.25) is 5.91 Å². The van der Waals surface area contributed by atoms with Crippen molar-refractivity contribution in [1.82, 2.24) is 0 Å². The van der Waals surface area contributed by atoms with Gasteiger partial charge in [0, 0.05) is 12.1 Å². The van der Waals surface area contributed by atoms with Gasteiger partial charge in [0.25, 0.3) is 0 Å². The maximum atomic E-state index is 11.8. The quantitative estimate of drug-likeness (QED) is 0.580. The molecular weight excluding hydrogens is 302 g/mol. The number of aryl methyl sites for hydroxylation is 1. The van der Waals surface area contributed by atoms with Crippen LogP contribution in [0.15, 0.2) is 48.4 Å². The number of amides is 1. The van der Waals surface area contributed by atoms with Crippen LogP contribution in [0, 0.1) is 0 Å². The van der Waals surface area contributed by atoms with Gasteiger partial charge in [0.1, 0.15) is 0 Å². The van der Waals surface area contributed by atoms with Crippen molar-refractivity contribution >= 4 is 23.4 Å². The maximum absolute atomic E-state index is 11.8. The van der Waals surface area contributed by atoms with Crippen molar-refractivity contribution in [3.63, 3.8) is 0 Å². The number of hydrogen-bond acceptors (Lipinski definition) is 2. The summed E-state index contributed by atoms with van der Waals surface area (Å²) in [5, 5.41) is 2.94. The van der Waals surface area contributed by atoms with Crippen LogP contribution in [0.3, 0.4) is 0 Å². The van der Waals surface area contributed by atoms with E-state index < -0.39 is 0 Å². The second-order valence-electron chi connectivity index (χ2n) is 4.38. The highest BCUT2D eigenvalue weighted by Gasteiger charge is 2.04. The lowest BCUT2D eigenvalue weighted by molar-refractivity contribution is -0.116. The van der Waals surface area contributed by atoms with E-state index in [1.54, 1.807) is 11.8 Å². The van der Waals surface area contributed by atoms with E-state index in [1.807, 2.05) is 26.0 Å². The molecule has 1 aromatic rings. The highest BCUT2D eigenvalue weighted by Crippen LogP contribution is 2.19. The van der Waals surface area contributed by atoms with Gasteiger partial charge in [0.15, 0.2) is 0 Å². The molecule has 0 spiro atoms. The number of carbonyl (C=O) groups is 1. The molecule has 1 N–H and O–H groups in total. The molecule has 3 heteroatoms. The molecule has 1 aromatic carbocycles. The molecule has 0 aliphatic carbocycles. The van der Waals surface area contributed by atoms with Crippen molar-refractivity contribution < 1.29 is 4.79 Å². The van der Waals surface area contributed by atoms with E-state index in [1.165, 1.54) is 10.5 Å². The van der Waals surface area contributed by atoms with Crippen molar-refractivity contribution in [1.29, 1.82) is 0 Å². The molecule has 130 valence electrons. The zero-order chi connectivity index (χ0) is 18.1. The molecule has 0 unspecified atom stereocenters. The first-order chi connectivity index (χ1) is 11.2. The molecule has 0 fully saturated rings. The molecule has 1 rings (SSSR count). The summed E-state index contributed by atoms with van der Waals surface area (Å²) in [6, 6.07) is 8.04. The van der Waals surface area contributed by atoms with Crippen molar-refractivity contribution in [2.75, 3.05) is 11.6 Å². The number of nitrogens with one attached hydrogen (secondary N) is 1. The van der Waals surface area contributed by atoms with Crippen LogP contribution >= 0.6 is 11.8 Å². The molecular formula is C20H33NOS. The van der Waals surface area contributed by atoms with Gasteiger partial charge in [-0.05, 0) is 48.1 Å². The van der Waals surface area contributed by atoms with Crippen LogP contribution in [0.4, 0.5) is 5.69 Å². The Balaban J connectivity index is 0. The second kappa shape index (κ2) is 16.9. The predicted molar refractivity (Wildman–Crippen MR) is 108 cm³/mol. The Labute approximate surface area is 147 Å². The fraction of sp³-hybridized carbons (Fsp3) is 0.450. The van der Waals surface area contributed by atoms with Crippen LogP contribution in [-0.4, -0.2) is 12.2 Å². The lowest BCUT2D eigenvalue weighted by Crippen LogP contribution is -2.11. The molecule has 0 heterocycles. The summed E-state index contributed by atoms with van der Waals surface area (Å²) in [5.74, 6) is 0.0836. The van der Waals surface area contributed by atoms with Crippen molar-refractivity contribution in [2.24, 2.45) is 0 Å². The van der Waals surface area contributed by atoms with Gasteiger partial charge in [-0.1, -0.05) is 45.9 Å². The zero-order valence-electron chi connectivity index (χ0n) is 15.4. The van der Waals surface area contributed by atoms with Crippen LogP contribution in [0.1, 0.15) is 52.5 Å². The lowest BCUT2D eigenvalue weighted by atomic mass is 10.1. The number of allylic oxidation sites excluding steroid dienone is 2. The minimum Gasteiger partial charge on any atom is -0.326 e. The number of rotatable bonds is 7. The minimum atomic E-state index is 0.0836. The van der Waals surface area contributed by atoms with E-state index in [2.05, 4.69) is 56.8 Å². The van der Waals surface area contributed by atoms with Crippen molar-refractivity contribution in [2.45, 2.75) is 53.4 Å². The highest BCUT2D eigenvalue weighted by atomic mass is 32.2. The van der Waals surface area contributed by atoms with E-state index in [0.717, 1.165) is 24.9 Å². The van der Waals surface area contributed by atoms with E-state index in [0.29, 0.717) is 6.42 Å². The Morgan fingerprint density at radius 2 is 1.70 bits per heavy atom. The van der Waals surface area contributed by atoms with Crippen LogP contribution < -0.4 is 5.32 Å². The summed E-state index contributed by atoms with van der Waals surface area (Å²) < 4.78 is 0. The van der Waals surface area contributed by atoms with Crippen LogP contribution in [0.5, 0.6) is 0 Å². The van der Waals surface area contributed by atoms with Crippen LogP contribution in [-0.2, 0) is 11.2 Å². The van der Waals surface area contributed by atoms with Gasteiger partial charge < -0.3 is 5.32 Å². The first kappa shape index (κ1) is 23.8. The van der Waals surface area contributed by atoms with E-state index in [9.17, 15) is 4.79 Å². The van der Waals surface area contributed by atoms with Gasteiger partial charge in [-0.15, -0.1) is 24.9 Å². The van der Waals surface area contributed by atoms with Gasteiger partial charge >= 0.3 is 0 Å². The van der Waals surface area contributed by atoms with E-state index in [4.69, 9.17) is 0 Å². The van der Waals surface area contributed by atoms with E-state index in [-0.39, 0.29) is 5.91 Å². The fourth-order valence-electron chi connectivity index (χ4n) is 1.80. The molecule has 0 radical (unpaired) electrons. The number of anilines is 1. The molecule has 0 aliphatic rings. The van der Waals surface area contributed by atoms with Crippen molar-refractivity contribution in [3.8, 4) is 0 Å². The Bertz CT molecular complexity index is 437. The third-order valence-electron chi connectivity index (χ3n) is 2.94. The third-order valence-corrected chi connectivity index (χ3v) is 3.83. The number of thioether (sulfide) groups is 1. The Morgan fingerprint density at radius 3 is 2.13 bits per heavy atom. The fourth-order valence-corrected chi connectivity index (χ4v) is 2.44. The number of hydrogen-bond donors (Lipinski definition) is 1. The summed E-state index contributed by atoms with van der Waals surface area (Å²) in [4.78, 5) is 13.1. The van der Waals surface area contributed by atoms with Gasteiger partial charge in [-0.3, -0.25) is 4.79 Å². The minimum absolute atomic E-state index is 0.0836. The summed E-state index contributed by atoms with van der Waals surface area (Å²) in [6.07, 6.45) is 7.66. The summed E-state index contributed by atoms with van der Waals surface area (Å²) in [5.41, 5.74) is 2.17. The summed E-state index contributed by atoms with van der Waals surface area (Å²) in [6.45, 7) is 14.2. The molecule has 2 nitrogen and oxygen atoms in total. The van der Waals surface area contributed by atoms with E-state index >= 15 is 0 Å². The average Bonchev–Trinajstić information content (AvgIpc) is 2.62. The summed E-state index contributed by atoms with van der Waals surface area (Å²) in [7, 11) is 0. The van der Waals surface area contributed by atoms with Gasteiger partial charge in [-0.25, -0.2) is 0 Å². The SMILES string of the molecule is C=C.CC.CC/C=C(/CCC(=O)Nc1ccc(CC)cc1)SC. The number of carbonyl (C=O) groups excluding carboxylic acids is 1. The largest absolute Gasteiger partial charge is 0.326 e. The lowest BCUT2D eigenvalue weighted by Gasteiger charge is -2.07. The Hall–Kier alpha value is -1.48. The topological polar surface area (TPSA) is 29.1 Å². The molecule has 0 saturated carbocycles. The first-order valence-electron chi connectivity index (χ1n) is 8.31. The first-order valence-corrected chi connectivity index (χ1v) is 9.53. The zero-order valence-corrected chi connectivity index (χ0v) is 16.3. The molecule has 23 heavy (non-hydrogen) atoms. The molecule has 0 aliphatic heterocycles. The average molecular weight is 336 g/mol. The molecule has 0 saturated heterocycles. The highest BCUT2D eigenvalue weighted by molar-refractivity contribution is 8.02. The number of benzene rings is 1. The van der Waals surface area contributed by atoms with Crippen molar-refractivity contribution in [3.05, 3.63) is 54.0 Å². The summed E-state index contributed by atoms with van der Waals surface area (Å²) >= 11 is 1.73. The normalized spacial score (nSPS) is 9.87. The Morgan fingerprint density at radius 1 is 1.13 bits per heavy atom. The maximum Gasteiger partial charge on any atom is 0.224 e. The smallest absolute Gasteiger partial charge is 0.224 e. The Kier molecular flexibility index (Phi) is 17.5. The second-order valence-corrected chi connectivity index (χ2v) is 5.31. The predicted octanol–water partition coefficient (Wildman–Crippen LogP) is 6.45. The van der Waals surface area contributed by atoms with Gasteiger partial charge in [0.05, 0.1) is 0 Å². The monoisotopic (exact) mass is 335 g/mol. The molecule has 0 bridgehead atoms. The molecule has 1 amide bonds. The standard InChI is InChI=1S/C16H23NOS.C2H6.C2H4/c1-4-6-15(19-3)11-12-16(18)17-14-9-7-13(5-2)8-10-14;2*1-2/h6-10H,4-5,11-12H2,1-3H3,(H,17,18);1-2H3;1-2H2/b15-6-;;. The van der Waals surface area contributed by atoms with Crippen LogP contribution in [0.25, 0.3) is 0 Å². The third kappa shape index (κ3) is 11.7. The molecule has 0 aromatic heterocycles. The van der Waals surface area contributed by atoms with Gasteiger partial charge in [-0.2, -0.15) is 0 Å².